The number of aromatic nitrogens is 3. The highest BCUT2D eigenvalue weighted by molar-refractivity contribution is 7.98. The number of thioether (sulfide) groups is 1. The Morgan fingerprint density at radius 3 is 2.58 bits per heavy atom. The molecule has 1 aromatic heterocycles. The van der Waals surface area contributed by atoms with Crippen LogP contribution in [0.3, 0.4) is 0 Å². The van der Waals surface area contributed by atoms with Gasteiger partial charge in [0, 0.05) is 22.2 Å². The number of carbonyl (C=O) groups is 1. The molecule has 9 heteroatoms. The van der Waals surface area contributed by atoms with Crippen molar-refractivity contribution in [2.45, 2.75) is 70.3 Å². The molecule has 3 aromatic carbocycles. The van der Waals surface area contributed by atoms with E-state index in [2.05, 4.69) is 17.6 Å². The average molecular weight is 616 g/mol. The lowest BCUT2D eigenvalue weighted by atomic mass is 9.94. The predicted octanol–water partition coefficient (Wildman–Crippen LogP) is 8.73. The quantitative estimate of drug-likeness (QED) is 0.122. The van der Waals surface area contributed by atoms with Crippen molar-refractivity contribution in [1.29, 1.82) is 0 Å². The first-order valence-electron chi connectivity index (χ1n) is 14.8. The van der Waals surface area contributed by atoms with Crippen LogP contribution in [0.4, 0.5) is 11.6 Å². The highest BCUT2D eigenvalue weighted by atomic mass is 35.5. The summed E-state index contributed by atoms with van der Waals surface area (Å²) >= 11 is 7.89. The largest absolute Gasteiger partial charge is 0.494 e. The van der Waals surface area contributed by atoms with Gasteiger partial charge in [-0.2, -0.15) is 4.98 Å². The summed E-state index contributed by atoms with van der Waals surface area (Å²) in [6.45, 7) is 8.86. The molecule has 1 unspecified atom stereocenters. The normalized spacial score (nSPS) is 14.3. The molecule has 1 amide bonds. The van der Waals surface area contributed by atoms with Crippen LogP contribution < -0.4 is 15.4 Å². The third-order valence-corrected chi connectivity index (χ3v) is 8.96. The van der Waals surface area contributed by atoms with Gasteiger partial charge in [-0.05, 0) is 73.7 Å². The van der Waals surface area contributed by atoms with E-state index < -0.39 is 6.04 Å². The molecule has 0 saturated carbocycles. The van der Waals surface area contributed by atoms with E-state index in [4.69, 9.17) is 26.4 Å². The van der Waals surface area contributed by atoms with Gasteiger partial charge in [0.05, 0.1) is 12.2 Å². The Hall–Kier alpha value is -3.75. The first kappa shape index (κ1) is 30.7. The molecular weight excluding hydrogens is 578 g/mol. The molecule has 0 fully saturated rings. The molecule has 7 nitrogen and oxygen atoms in total. The van der Waals surface area contributed by atoms with E-state index in [0.29, 0.717) is 34.1 Å². The van der Waals surface area contributed by atoms with Crippen LogP contribution in [0.15, 0.2) is 83.2 Å². The molecule has 224 valence electrons. The lowest BCUT2D eigenvalue weighted by Gasteiger charge is -2.29. The van der Waals surface area contributed by atoms with Gasteiger partial charge in [0.1, 0.15) is 11.8 Å². The van der Waals surface area contributed by atoms with Gasteiger partial charge in [0.15, 0.2) is 0 Å². The van der Waals surface area contributed by atoms with Gasteiger partial charge in [0.25, 0.3) is 5.91 Å². The molecule has 1 aliphatic rings. The summed E-state index contributed by atoms with van der Waals surface area (Å²) in [7, 11) is 0. The number of anilines is 2. The number of ether oxygens (including phenoxy) is 1. The SMILES string of the molecule is CCCCCCOc1ccc(C2C(C(=O)Nc3cccc(C)c3C)=C(C)Nc3nc(SCc4ccccc4Cl)nn32)cc1. The van der Waals surface area contributed by atoms with Crippen molar-refractivity contribution in [1.82, 2.24) is 14.8 Å². The zero-order valence-corrected chi connectivity index (χ0v) is 26.7. The zero-order chi connectivity index (χ0) is 30.3. The minimum atomic E-state index is -0.484. The van der Waals surface area contributed by atoms with E-state index in [1.165, 1.54) is 31.0 Å². The van der Waals surface area contributed by atoms with Crippen molar-refractivity contribution < 1.29 is 9.53 Å². The summed E-state index contributed by atoms with van der Waals surface area (Å²) < 4.78 is 7.80. The molecule has 0 aliphatic carbocycles. The van der Waals surface area contributed by atoms with Gasteiger partial charge < -0.3 is 15.4 Å². The number of unbranched alkanes of at least 4 members (excludes halogenated alkanes) is 3. The van der Waals surface area contributed by atoms with E-state index in [1.54, 1.807) is 4.68 Å². The Morgan fingerprint density at radius 2 is 1.81 bits per heavy atom. The van der Waals surface area contributed by atoms with E-state index in [9.17, 15) is 4.79 Å². The molecule has 0 spiro atoms. The standard InChI is InChI=1S/C34H38ClN5O2S/c1-5-6-7-10-20-42-27-18-16-25(17-19-27)31-30(32(41)37-29-15-11-12-22(2)23(29)3)24(4)36-33-38-34(39-40(31)33)43-21-26-13-8-9-14-28(26)35/h8-9,11-19,31H,5-7,10,20-21H2,1-4H3,(H,37,41)(H,36,38,39). The van der Waals surface area contributed by atoms with E-state index in [1.807, 2.05) is 87.5 Å². The molecule has 0 radical (unpaired) electrons. The molecule has 43 heavy (non-hydrogen) atoms. The number of halogens is 1. The Morgan fingerprint density at radius 1 is 1.02 bits per heavy atom. The smallest absolute Gasteiger partial charge is 0.255 e. The number of allylic oxidation sites excluding steroid dienone is 1. The second kappa shape index (κ2) is 14.1. The molecule has 2 N–H and O–H groups in total. The van der Waals surface area contributed by atoms with Crippen molar-refractivity contribution in [3.63, 3.8) is 0 Å². The summed E-state index contributed by atoms with van der Waals surface area (Å²) in [4.78, 5) is 18.7. The summed E-state index contributed by atoms with van der Waals surface area (Å²) in [6, 6.07) is 21.2. The molecule has 4 aromatic rings. The number of aryl methyl sites for hydroxylation is 1. The summed E-state index contributed by atoms with van der Waals surface area (Å²) in [5.74, 6) is 1.84. The molecule has 1 atom stereocenters. The molecule has 0 saturated heterocycles. The number of rotatable bonds is 12. The van der Waals surface area contributed by atoms with Crippen LogP contribution in [0.1, 0.15) is 67.8 Å². The molecular formula is C34H38ClN5O2S. The fraction of sp³-hybridized carbons (Fsp3) is 0.324. The van der Waals surface area contributed by atoms with Crippen molar-refractivity contribution in [3.8, 4) is 5.75 Å². The summed E-state index contributed by atoms with van der Waals surface area (Å²) in [5, 5.41) is 12.7. The lowest BCUT2D eigenvalue weighted by molar-refractivity contribution is -0.113. The van der Waals surface area contributed by atoms with E-state index in [-0.39, 0.29) is 5.91 Å². The van der Waals surface area contributed by atoms with Crippen LogP contribution in [0.2, 0.25) is 5.02 Å². The number of hydrogen-bond acceptors (Lipinski definition) is 6. The van der Waals surface area contributed by atoms with Gasteiger partial charge in [-0.25, -0.2) is 4.68 Å². The lowest BCUT2D eigenvalue weighted by Crippen LogP contribution is -2.31. The van der Waals surface area contributed by atoms with Crippen LogP contribution in [0.25, 0.3) is 0 Å². The van der Waals surface area contributed by atoms with Crippen LogP contribution in [0.5, 0.6) is 5.75 Å². The highest BCUT2D eigenvalue weighted by Gasteiger charge is 2.34. The maximum Gasteiger partial charge on any atom is 0.255 e. The van der Waals surface area contributed by atoms with Crippen LogP contribution >= 0.6 is 23.4 Å². The van der Waals surface area contributed by atoms with Crippen LogP contribution in [-0.2, 0) is 10.5 Å². The minimum Gasteiger partial charge on any atom is -0.494 e. The molecule has 0 bridgehead atoms. The van der Waals surface area contributed by atoms with Gasteiger partial charge in [-0.1, -0.05) is 92.0 Å². The number of carbonyl (C=O) groups excluding carboxylic acids is 1. The monoisotopic (exact) mass is 615 g/mol. The number of nitrogens with one attached hydrogen (secondary N) is 2. The van der Waals surface area contributed by atoms with Crippen LogP contribution in [-0.4, -0.2) is 27.3 Å². The predicted molar refractivity (Wildman–Crippen MR) is 176 cm³/mol. The zero-order valence-electron chi connectivity index (χ0n) is 25.1. The second-order valence-electron chi connectivity index (χ2n) is 10.8. The number of amides is 1. The Labute approximate surface area is 263 Å². The average Bonchev–Trinajstić information content (AvgIpc) is 3.41. The van der Waals surface area contributed by atoms with Gasteiger partial charge in [-0.15, -0.1) is 5.10 Å². The minimum absolute atomic E-state index is 0.189. The number of fused-ring (bicyclic) bond motifs is 1. The Kier molecular flexibility index (Phi) is 10.1. The summed E-state index contributed by atoms with van der Waals surface area (Å²) in [5.41, 5.74) is 6.18. The Bertz CT molecular complexity index is 1620. The second-order valence-corrected chi connectivity index (χ2v) is 12.1. The highest BCUT2D eigenvalue weighted by Crippen LogP contribution is 2.38. The number of nitrogens with zero attached hydrogens (tertiary/aromatic N) is 3. The third kappa shape index (κ3) is 7.25. The van der Waals surface area contributed by atoms with Gasteiger partial charge >= 0.3 is 0 Å². The van der Waals surface area contributed by atoms with Crippen LogP contribution in [0, 0.1) is 13.8 Å². The Balaban J connectivity index is 1.44. The third-order valence-electron chi connectivity index (χ3n) is 7.71. The topological polar surface area (TPSA) is 81.1 Å². The first-order chi connectivity index (χ1) is 20.9. The fourth-order valence-corrected chi connectivity index (χ4v) is 6.21. The molecule has 5 rings (SSSR count). The van der Waals surface area contributed by atoms with Crippen molar-refractivity contribution >= 4 is 40.9 Å². The van der Waals surface area contributed by atoms with Crippen molar-refractivity contribution in [3.05, 3.63) is 105 Å². The maximum absolute atomic E-state index is 14.0. The fourth-order valence-electron chi connectivity index (χ4n) is 5.09. The van der Waals surface area contributed by atoms with Gasteiger partial charge in [0.2, 0.25) is 11.1 Å². The molecule has 1 aliphatic heterocycles. The molecule has 2 heterocycles. The summed E-state index contributed by atoms with van der Waals surface area (Å²) in [6.07, 6.45) is 4.61. The van der Waals surface area contributed by atoms with E-state index >= 15 is 0 Å². The number of hydrogen-bond donors (Lipinski definition) is 2. The first-order valence-corrected chi connectivity index (χ1v) is 16.1. The van der Waals surface area contributed by atoms with Crippen molar-refractivity contribution in [2.24, 2.45) is 0 Å². The van der Waals surface area contributed by atoms with Crippen molar-refractivity contribution in [2.75, 3.05) is 17.2 Å². The number of benzene rings is 3. The van der Waals surface area contributed by atoms with Gasteiger partial charge in [-0.3, -0.25) is 4.79 Å². The maximum atomic E-state index is 14.0. The van der Waals surface area contributed by atoms with E-state index in [0.717, 1.165) is 45.8 Å².